The second-order valence-electron chi connectivity index (χ2n) is 8.58. The van der Waals surface area contributed by atoms with Gasteiger partial charge in [0.15, 0.2) is 0 Å². The Labute approximate surface area is 202 Å². The molecule has 4 aromatic rings. The molecule has 0 amide bonds. The number of ether oxygens (including phenoxy) is 1. The van der Waals surface area contributed by atoms with E-state index in [1.807, 2.05) is 64.1 Å². The van der Waals surface area contributed by atoms with Crippen LogP contribution in [0, 0.1) is 47.9 Å². The van der Waals surface area contributed by atoms with E-state index in [0.29, 0.717) is 22.6 Å². The van der Waals surface area contributed by atoms with E-state index < -0.39 is 9.85 Å². The molecule has 0 saturated heterocycles. The molecule has 0 atom stereocenters. The quantitative estimate of drug-likeness (QED) is 0.212. The van der Waals surface area contributed by atoms with Gasteiger partial charge in [-0.25, -0.2) is 0 Å². The van der Waals surface area contributed by atoms with Crippen molar-refractivity contribution in [2.75, 3.05) is 0 Å². The minimum atomic E-state index is -0.444. The molecule has 0 fully saturated rings. The lowest BCUT2D eigenvalue weighted by atomic mass is 9.98. The highest BCUT2D eigenvalue weighted by Crippen LogP contribution is 2.41. The van der Waals surface area contributed by atoms with Gasteiger partial charge >= 0.3 is 0 Å². The molecule has 0 aliphatic heterocycles. The summed E-state index contributed by atoms with van der Waals surface area (Å²) >= 11 is 0. The summed E-state index contributed by atoms with van der Waals surface area (Å²) in [6.45, 7) is 7.95. The van der Waals surface area contributed by atoms with E-state index in [1.165, 1.54) is 24.3 Å². The molecule has 0 saturated carbocycles. The first-order valence-electron chi connectivity index (χ1n) is 11.0. The van der Waals surface area contributed by atoms with E-state index in [9.17, 15) is 20.2 Å². The normalized spacial score (nSPS) is 10.7. The second-order valence-corrected chi connectivity index (χ2v) is 8.58. The van der Waals surface area contributed by atoms with Crippen molar-refractivity contribution < 1.29 is 14.6 Å². The molecule has 7 nitrogen and oxygen atoms in total. The van der Waals surface area contributed by atoms with Crippen molar-refractivity contribution in [2.24, 2.45) is 0 Å². The lowest BCUT2D eigenvalue weighted by Gasteiger charge is -2.16. The Hall–Kier alpha value is -4.52. The van der Waals surface area contributed by atoms with Crippen LogP contribution in [0.2, 0.25) is 0 Å². The first-order chi connectivity index (χ1) is 16.6. The van der Waals surface area contributed by atoms with Crippen LogP contribution in [0.25, 0.3) is 22.3 Å². The molecule has 176 valence electrons. The summed E-state index contributed by atoms with van der Waals surface area (Å²) in [6, 6.07) is 20.5. The van der Waals surface area contributed by atoms with Crippen LogP contribution in [0.15, 0.2) is 72.8 Å². The summed E-state index contributed by atoms with van der Waals surface area (Å²) in [5.41, 5.74) is 6.88. The predicted molar refractivity (Wildman–Crippen MR) is 136 cm³/mol. The molecular weight excluding hydrogens is 444 g/mol. The highest BCUT2D eigenvalue weighted by molar-refractivity contribution is 5.77. The molecule has 0 spiro atoms. The van der Waals surface area contributed by atoms with Gasteiger partial charge in [-0.05, 0) is 73.2 Å². The number of hydrogen-bond acceptors (Lipinski definition) is 5. The Morgan fingerprint density at radius 3 is 1.29 bits per heavy atom. The molecule has 4 rings (SSSR count). The Balaban J connectivity index is 1.88. The topological polar surface area (TPSA) is 95.5 Å². The highest BCUT2D eigenvalue weighted by Gasteiger charge is 2.19. The SMILES string of the molecule is Cc1ccc(-c2cc([N+](=O)[O-])ccc2Oc2ccc([N+](=O)[O-])cc2-c2ccc(C)c(C)c2)cc1C. The smallest absolute Gasteiger partial charge is 0.270 e. The van der Waals surface area contributed by atoms with Crippen LogP contribution in [-0.4, -0.2) is 9.85 Å². The zero-order valence-electron chi connectivity index (χ0n) is 19.9. The van der Waals surface area contributed by atoms with Crippen LogP contribution >= 0.6 is 0 Å². The van der Waals surface area contributed by atoms with Gasteiger partial charge in [0.1, 0.15) is 11.5 Å². The number of nitro benzene ring substituents is 2. The molecule has 35 heavy (non-hydrogen) atoms. The third-order valence-corrected chi connectivity index (χ3v) is 6.20. The third-order valence-electron chi connectivity index (χ3n) is 6.20. The van der Waals surface area contributed by atoms with Gasteiger partial charge in [0.05, 0.1) is 9.85 Å². The Kier molecular flexibility index (Phi) is 6.34. The van der Waals surface area contributed by atoms with Crippen LogP contribution in [0.3, 0.4) is 0 Å². The van der Waals surface area contributed by atoms with Crippen LogP contribution in [0.5, 0.6) is 11.5 Å². The summed E-state index contributed by atoms with van der Waals surface area (Å²) in [7, 11) is 0. The van der Waals surface area contributed by atoms with Crippen molar-refractivity contribution in [1.82, 2.24) is 0 Å². The molecule has 0 aliphatic carbocycles. The largest absolute Gasteiger partial charge is 0.456 e. The first kappa shape index (κ1) is 23.6. The van der Waals surface area contributed by atoms with Crippen molar-refractivity contribution in [1.29, 1.82) is 0 Å². The lowest BCUT2D eigenvalue weighted by molar-refractivity contribution is -0.385. The summed E-state index contributed by atoms with van der Waals surface area (Å²) in [5.74, 6) is 0.829. The van der Waals surface area contributed by atoms with Crippen LogP contribution in [0.1, 0.15) is 22.3 Å². The van der Waals surface area contributed by atoms with E-state index in [2.05, 4.69) is 0 Å². The number of nitrogens with zero attached hydrogens (tertiary/aromatic N) is 2. The van der Waals surface area contributed by atoms with E-state index in [-0.39, 0.29) is 11.4 Å². The fourth-order valence-electron chi connectivity index (χ4n) is 3.83. The molecule has 0 aliphatic rings. The van der Waals surface area contributed by atoms with Gasteiger partial charge in [-0.2, -0.15) is 0 Å². The van der Waals surface area contributed by atoms with Gasteiger partial charge in [-0.3, -0.25) is 20.2 Å². The monoisotopic (exact) mass is 468 g/mol. The fraction of sp³-hybridized carbons (Fsp3) is 0.143. The number of rotatable bonds is 6. The maximum absolute atomic E-state index is 11.5. The molecule has 0 unspecified atom stereocenters. The second kappa shape index (κ2) is 9.38. The number of nitro groups is 2. The van der Waals surface area contributed by atoms with Crippen molar-refractivity contribution in [3.05, 3.63) is 115 Å². The highest BCUT2D eigenvalue weighted by atomic mass is 16.6. The van der Waals surface area contributed by atoms with Gasteiger partial charge in [0.2, 0.25) is 0 Å². The third kappa shape index (κ3) is 4.89. The van der Waals surface area contributed by atoms with Gasteiger partial charge < -0.3 is 4.74 Å². The van der Waals surface area contributed by atoms with Gasteiger partial charge in [0, 0.05) is 35.4 Å². The van der Waals surface area contributed by atoms with Crippen LogP contribution in [-0.2, 0) is 0 Å². The molecule has 0 aromatic heterocycles. The van der Waals surface area contributed by atoms with E-state index in [1.54, 1.807) is 12.1 Å². The van der Waals surface area contributed by atoms with Crippen molar-refractivity contribution in [3.8, 4) is 33.8 Å². The fourth-order valence-corrected chi connectivity index (χ4v) is 3.83. The standard InChI is InChI=1S/C28H24N2O5/c1-17-5-7-21(13-19(17)3)25-15-23(29(31)32)9-11-27(25)35-28-12-10-24(30(33)34)16-26(28)22-8-6-18(2)20(4)14-22/h5-16H,1-4H3. The Bertz CT molecular complexity index is 1370. The first-order valence-corrected chi connectivity index (χ1v) is 11.0. The molecule has 0 radical (unpaired) electrons. The van der Waals surface area contributed by atoms with Gasteiger partial charge in [-0.15, -0.1) is 0 Å². The Morgan fingerprint density at radius 1 is 0.543 bits per heavy atom. The molecule has 0 N–H and O–H groups in total. The number of hydrogen-bond donors (Lipinski definition) is 0. The van der Waals surface area contributed by atoms with Crippen molar-refractivity contribution >= 4 is 11.4 Å². The van der Waals surface area contributed by atoms with Gasteiger partial charge in [-0.1, -0.05) is 36.4 Å². The lowest BCUT2D eigenvalue weighted by Crippen LogP contribution is -1.96. The van der Waals surface area contributed by atoms with E-state index >= 15 is 0 Å². The number of non-ortho nitro benzene ring substituents is 2. The average molecular weight is 469 g/mol. The molecule has 0 bridgehead atoms. The minimum Gasteiger partial charge on any atom is -0.456 e. The van der Waals surface area contributed by atoms with Gasteiger partial charge in [0.25, 0.3) is 11.4 Å². The van der Waals surface area contributed by atoms with Crippen LogP contribution < -0.4 is 4.74 Å². The zero-order valence-corrected chi connectivity index (χ0v) is 19.9. The summed E-state index contributed by atoms with van der Waals surface area (Å²) in [5, 5.41) is 23.0. The maximum atomic E-state index is 11.5. The summed E-state index contributed by atoms with van der Waals surface area (Å²) < 4.78 is 6.31. The number of aryl methyl sites for hydroxylation is 4. The molecule has 7 heteroatoms. The van der Waals surface area contributed by atoms with Crippen LogP contribution in [0.4, 0.5) is 11.4 Å². The van der Waals surface area contributed by atoms with E-state index in [0.717, 1.165) is 33.4 Å². The van der Waals surface area contributed by atoms with Crippen molar-refractivity contribution in [3.63, 3.8) is 0 Å². The Morgan fingerprint density at radius 2 is 0.943 bits per heavy atom. The number of benzene rings is 4. The summed E-state index contributed by atoms with van der Waals surface area (Å²) in [6.07, 6.45) is 0. The predicted octanol–water partition coefficient (Wildman–Crippen LogP) is 7.86. The van der Waals surface area contributed by atoms with E-state index in [4.69, 9.17) is 4.74 Å². The zero-order chi connectivity index (χ0) is 25.3. The maximum Gasteiger partial charge on any atom is 0.270 e. The average Bonchev–Trinajstić information content (AvgIpc) is 2.83. The minimum absolute atomic E-state index is 0.0522. The summed E-state index contributed by atoms with van der Waals surface area (Å²) in [4.78, 5) is 22.1. The van der Waals surface area contributed by atoms with Crippen molar-refractivity contribution in [2.45, 2.75) is 27.7 Å². The molecular formula is C28H24N2O5. The molecule has 0 heterocycles. The molecule has 4 aromatic carbocycles.